The lowest BCUT2D eigenvalue weighted by molar-refractivity contribution is 0.0696. The van der Waals surface area contributed by atoms with Crippen LogP contribution in [0.2, 0.25) is 0 Å². The largest absolute Gasteiger partial charge is 0.478 e. The molecular formula is C17H21NO2S. The Kier molecular flexibility index (Phi) is 5.53. The van der Waals surface area contributed by atoms with Gasteiger partial charge in [-0.05, 0) is 60.0 Å². The number of hydrogen-bond donors (Lipinski definition) is 1. The molecule has 0 spiro atoms. The third-order valence-electron chi connectivity index (χ3n) is 3.70. The summed E-state index contributed by atoms with van der Waals surface area (Å²) in [7, 11) is 0. The Morgan fingerprint density at radius 3 is 2.76 bits per heavy atom. The first-order chi connectivity index (χ1) is 10.1. The Bertz CT molecular complexity index is 580. The zero-order valence-corrected chi connectivity index (χ0v) is 13.3. The van der Waals surface area contributed by atoms with Gasteiger partial charge in [0.25, 0.3) is 0 Å². The van der Waals surface area contributed by atoms with E-state index in [1.54, 1.807) is 23.5 Å². The van der Waals surface area contributed by atoms with Crippen molar-refractivity contribution in [2.45, 2.75) is 32.9 Å². The quantitative estimate of drug-likeness (QED) is 0.843. The molecule has 0 aliphatic carbocycles. The number of carboxylic acid groups (broad SMARTS) is 1. The second kappa shape index (κ2) is 7.38. The van der Waals surface area contributed by atoms with Gasteiger partial charge in [0.1, 0.15) is 0 Å². The van der Waals surface area contributed by atoms with Gasteiger partial charge in [-0.25, -0.2) is 4.79 Å². The smallest absolute Gasteiger partial charge is 0.335 e. The predicted octanol–water partition coefficient (Wildman–Crippen LogP) is 3.90. The van der Waals surface area contributed by atoms with Gasteiger partial charge in [0.15, 0.2) is 0 Å². The molecule has 4 heteroatoms. The topological polar surface area (TPSA) is 40.5 Å². The molecule has 1 aromatic heterocycles. The second-order valence-electron chi connectivity index (χ2n) is 5.25. The number of hydrogen-bond acceptors (Lipinski definition) is 3. The first-order valence-electron chi connectivity index (χ1n) is 7.17. The standard InChI is InChI=1S/C17H21NO2S/c1-3-18(13(2)9-15-7-8-21-12-15)11-14-5-4-6-16(10-14)17(19)20/h4-8,10,12-13H,3,9,11H2,1-2H3,(H,19,20). The Morgan fingerprint density at radius 1 is 1.33 bits per heavy atom. The van der Waals surface area contributed by atoms with Crippen molar-refractivity contribution in [3.63, 3.8) is 0 Å². The van der Waals surface area contributed by atoms with Crippen LogP contribution in [0.1, 0.15) is 35.3 Å². The van der Waals surface area contributed by atoms with Gasteiger partial charge in [0.2, 0.25) is 0 Å². The number of likely N-dealkylation sites (N-methyl/N-ethyl adjacent to an activating group) is 1. The van der Waals surface area contributed by atoms with Crippen molar-refractivity contribution >= 4 is 17.3 Å². The van der Waals surface area contributed by atoms with Crippen LogP contribution in [0.4, 0.5) is 0 Å². The number of benzene rings is 1. The Balaban J connectivity index is 2.04. The van der Waals surface area contributed by atoms with E-state index >= 15 is 0 Å². The van der Waals surface area contributed by atoms with E-state index in [4.69, 9.17) is 5.11 Å². The van der Waals surface area contributed by atoms with Crippen LogP contribution in [0.25, 0.3) is 0 Å². The van der Waals surface area contributed by atoms with Gasteiger partial charge in [-0.15, -0.1) is 0 Å². The van der Waals surface area contributed by atoms with Crippen LogP contribution >= 0.6 is 11.3 Å². The van der Waals surface area contributed by atoms with Crippen molar-refractivity contribution in [1.82, 2.24) is 4.90 Å². The van der Waals surface area contributed by atoms with Crippen LogP contribution in [0.3, 0.4) is 0 Å². The molecule has 3 nitrogen and oxygen atoms in total. The Hall–Kier alpha value is -1.65. The molecule has 1 heterocycles. The highest BCUT2D eigenvalue weighted by Crippen LogP contribution is 2.15. The minimum atomic E-state index is -0.869. The van der Waals surface area contributed by atoms with E-state index < -0.39 is 5.97 Å². The lowest BCUT2D eigenvalue weighted by Crippen LogP contribution is -2.33. The average molecular weight is 303 g/mol. The predicted molar refractivity (Wildman–Crippen MR) is 87.0 cm³/mol. The first kappa shape index (κ1) is 15.7. The maximum atomic E-state index is 11.0. The molecular weight excluding hydrogens is 282 g/mol. The Morgan fingerprint density at radius 2 is 2.14 bits per heavy atom. The molecule has 2 aromatic rings. The molecule has 0 fully saturated rings. The summed E-state index contributed by atoms with van der Waals surface area (Å²) in [5.74, 6) is -0.869. The molecule has 1 unspecified atom stereocenters. The normalized spacial score (nSPS) is 12.5. The summed E-state index contributed by atoms with van der Waals surface area (Å²) in [6.45, 7) is 6.10. The minimum Gasteiger partial charge on any atom is -0.478 e. The van der Waals surface area contributed by atoms with Gasteiger partial charge < -0.3 is 5.11 Å². The van der Waals surface area contributed by atoms with Crippen LogP contribution in [0.15, 0.2) is 41.1 Å². The van der Waals surface area contributed by atoms with Gasteiger partial charge in [-0.3, -0.25) is 4.90 Å². The summed E-state index contributed by atoms with van der Waals surface area (Å²) >= 11 is 1.73. The van der Waals surface area contributed by atoms with Crippen molar-refractivity contribution < 1.29 is 9.90 Å². The molecule has 21 heavy (non-hydrogen) atoms. The number of thiophene rings is 1. The molecule has 112 valence electrons. The first-order valence-corrected chi connectivity index (χ1v) is 8.11. The molecule has 0 bridgehead atoms. The maximum Gasteiger partial charge on any atom is 0.335 e. The molecule has 2 rings (SSSR count). The van der Waals surface area contributed by atoms with Gasteiger partial charge in [0, 0.05) is 12.6 Å². The van der Waals surface area contributed by atoms with Crippen molar-refractivity contribution in [3.05, 3.63) is 57.8 Å². The summed E-state index contributed by atoms with van der Waals surface area (Å²) in [5, 5.41) is 13.4. The van der Waals surface area contributed by atoms with E-state index in [-0.39, 0.29) is 0 Å². The van der Waals surface area contributed by atoms with Crippen molar-refractivity contribution in [2.24, 2.45) is 0 Å². The summed E-state index contributed by atoms with van der Waals surface area (Å²) in [5.41, 5.74) is 2.77. The molecule has 0 amide bonds. The third kappa shape index (κ3) is 4.41. The molecule has 0 saturated heterocycles. The SMILES string of the molecule is CCN(Cc1cccc(C(=O)O)c1)C(C)Cc1ccsc1. The number of rotatable bonds is 7. The van der Waals surface area contributed by atoms with Crippen LogP contribution in [0.5, 0.6) is 0 Å². The Labute approximate surface area is 129 Å². The maximum absolute atomic E-state index is 11.0. The molecule has 0 radical (unpaired) electrons. The lowest BCUT2D eigenvalue weighted by atomic mass is 10.1. The van der Waals surface area contributed by atoms with E-state index in [2.05, 4.69) is 35.6 Å². The average Bonchev–Trinajstić information content (AvgIpc) is 2.97. The third-order valence-corrected chi connectivity index (χ3v) is 4.43. The van der Waals surface area contributed by atoms with Crippen molar-refractivity contribution in [3.8, 4) is 0 Å². The van der Waals surface area contributed by atoms with Crippen LogP contribution in [-0.4, -0.2) is 28.6 Å². The molecule has 1 aromatic carbocycles. The molecule has 1 N–H and O–H groups in total. The van der Waals surface area contributed by atoms with E-state index in [1.807, 2.05) is 12.1 Å². The number of carbonyl (C=O) groups is 1. The highest BCUT2D eigenvalue weighted by molar-refractivity contribution is 7.07. The van der Waals surface area contributed by atoms with Gasteiger partial charge in [-0.1, -0.05) is 19.1 Å². The molecule has 0 saturated carbocycles. The van der Waals surface area contributed by atoms with Gasteiger partial charge in [0.05, 0.1) is 5.56 Å². The van der Waals surface area contributed by atoms with Crippen LogP contribution in [-0.2, 0) is 13.0 Å². The van der Waals surface area contributed by atoms with Crippen LogP contribution < -0.4 is 0 Å². The summed E-state index contributed by atoms with van der Waals surface area (Å²) in [6, 6.07) is 9.81. The fraction of sp³-hybridized carbons (Fsp3) is 0.353. The van der Waals surface area contributed by atoms with E-state index in [1.165, 1.54) is 5.56 Å². The number of carboxylic acids is 1. The van der Waals surface area contributed by atoms with E-state index in [0.717, 1.165) is 25.1 Å². The summed E-state index contributed by atoms with van der Waals surface area (Å²) in [6.07, 6.45) is 1.02. The summed E-state index contributed by atoms with van der Waals surface area (Å²) < 4.78 is 0. The molecule has 1 atom stereocenters. The molecule has 0 aliphatic heterocycles. The van der Waals surface area contributed by atoms with Gasteiger partial charge in [-0.2, -0.15) is 11.3 Å². The fourth-order valence-electron chi connectivity index (χ4n) is 2.50. The van der Waals surface area contributed by atoms with Gasteiger partial charge >= 0.3 is 5.97 Å². The number of nitrogens with zero attached hydrogens (tertiary/aromatic N) is 1. The van der Waals surface area contributed by atoms with Crippen LogP contribution in [0, 0.1) is 0 Å². The minimum absolute atomic E-state index is 0.356. The van der Waals surface area contributed by atoms with Crippen molar-refractivity contribution in [1.29, 1.82) is 0 Å². The fourth-order valence-corrected chi connectivity index (χ4v) is 3.18. The van der Waals surface area contributed by atoms with Crippen molar-refractivity contribution in [2.75, 3.05) is 6.54 Å². The second-order valence-corrected chi connectivity index (χ2v) is 6.03. The zero-order valence-electron chi connectivity index (χ0n) is 12.5. The summed E-state index contributed by atoms with van der Waals surface area (Å²) in [4.78, 5) is 13.4. The highest BCUT2D eigenvalue weighted by atomic mass is 32.1. The monoisotopic (exact) mass is 303 g/mol. The molecule has 0 aliphatic rings. The zero-order chi connectivity index (χ0) is 15.2. The highest BCUT2D eigenvalue weighted by Gasteiger charge is 2.14. The lowest BCUT2D eigenvalue weighted by Gasteiger charge is -2.28. The van der Waals surface area contributed by atoms with E-state index in [0.29, 0.717) is 11.6 Å². The van der Waals surface area contributed by atoms with E-state index in [9.17, 15) is 4.79 Å². The number of aromatic carboxylic acids is 1.